The van der Waals surface area contributed by atoms with Gasteiger partial charge in [-0.05, 0) is 6.26 Å². The number of thioether (sulfide) groups is 10. The van der Waals surface area contributed by atoms with Crippen molar-refractivity contribution in [2.75, 3.05) is 78.2 Å². The number of alkyl carbamates (subject to hydrolysis) is 1. The molecule has 0 aliphatic carbocycles. The van der Waals surface area contributed by atoms with E-state index in [0.717, 1.165) is 30.5 Å². The highest BCUT2D eigenvalue weighted by molar-refractivity contribution is 8.26. The summed E-state index contributed by atoms with van der Waals surface area (Å²) in [4.78, 5) is 38.8. The van der Waals surface area contributed by atoms with Crippen molar-refractivity contribution in [3.8, 4) is 0 Å². The summed E-state index contributed by atoms with van der Waals surface area (Å²) in [6.45, 7) is 0. The van der Waals surface area contributed by atoms with Gasteiger partial charge in [-0.2, -0.15) is 9.78 Å². The number of ether oxygens (including phenoxy) is 1. The third-order valence-corrected chi connectivity index (χ3v) is 12.8. The van der Waals surface area contributed by atoms with Gasteiger partial charge < -0.3 is 24.9 Å². The minimum absolute atomic E-state index is 0.00257. The van der Waals surface area contributed by atoms with Gasteiger partial charge in [0.1, 0.15) is 17.8 Å². The smallest absolute Gasteiger partial charge is 0.408 e. The van der Waals surface area contributed by atoms with Crippen LogP contribution >= 0.6 is 118 Å². The summed E-state index contributed by atoms with van der Waals surface area (Å²) in [6.07, 6.45) is 4.17. The van der Waals surface area contributed by atoms with E-state index in [9.17, 15) is 4.79 Å². The maximum Gasteiger partial charge on any atom is 0.408 e. The predicted octanol–water partition coefficient (Wildman–Crippen LogP) is 6.07. The van der Waals surface area contributed by atoms with Crippen molar-refractivity contribution in [3.05, 3.63) is 0 Å². The highest BCUT2D eigenvalue weighted by Crippen LogP contribution is 2.22. The van der Waals surface area contributed by atoms with Gasteiger partial charge in [-0.15, -0.1) is 118 Å². The molecule has 0 atom stereocenters. The number of carbonyl (C=O) groups is 1. The molecule has 0 saturated carbocycles. The standard InChI is InChI=1S/C17H33N3O7S10/c1-28-4-18-2-24-27-10-33-14-37-16-36-13-32-8-23-17(22)20-6-30-12-35-15-34-11-29-5-19-3-25-26-9-31-7-21/h2-3,21H,4-16H2,1H3,(H,20,22). The Morgan fingerprint density at radius 1 is 0.730 bits per heavy atom. The van der Waals surface area contributed by atoms with Crippen molar-refractivity contribution in [2.45, 2.75) is 0 Å². The minimum Gasteiger partial charge on any atom is -0.438 e. The molecule has 0 aromatic rings. The molecule has 0 bridgehead atoms. The number of aliphatic hydroxyl groups is 1. The van der Waals surface area contributed by atoms with Crippen LogP contribution in [-0.2, 0) is 24.3 Å². The Balaban J connectivity index is 3.20. The van der Waals surface area contributed by atoms with Crippen LogP contribution in [0.2, 0.25) is 0 Å². The van der Waals surface area contributed by atoms with E-state index in [1.54, 1.807) is 70.6 Å². The molecule has 0 heterocycles. The van der Waals surface area contributed by atoms with Crippen LogP contribution in [0.5, 0.6) is 0 Å². The van der Waals surface area contributed by atoms with Crippen molar-refractivity contribution in [1.29, 1.82) is 0 Å². The summed E-state index contributed by atoms with van der Waals surface area (Å²) in [7, 11) is 0. The zero-order chi connectivity index (χ0) is 26.9. The first-order valence-electron chi connectivity index (χ1n) is 10.0. The number of aliphatic hydroxyl groups excluding tert-OH is 1. The average Bonchev–Trinajstić information content (AvgIpc) is 2.90. The second-order valence-electron chi connectivity index (χ2n) is 5.33. The summed E-state index contributed by atoms with van der Waals surface area (Å²) in [5, 5.41) is 16.9. The molecular weight excluding hydrogens is 679 g/mol. The Bertz CT molecular complexity index is 548. The van der Waals surface area contributed by atoms with Gasteiger partial charge in [0.25, 0.3) is 0 Å². The van der Waals surface area contributed by atoms with E-state index in [1.807, 2.05) is 41.5 Å². The molecule has 10 nitrogen and oxygen atoms in total. The molecule has 2 N–H and O–H groups in total. The van der Waals surface area contributed by atoms with Gasteiger partial charge in [-0.1, -0.05) is 0 Å². The van der Waals surface area contributed by atoms with Crippen LogP contribution < -0.4 is 5.32 Å². The van der Waals surface area contributed by atoms with Crippen LogP contribution in [-0.4, -0.2) is 102 Å². The van der Waals surface area contributed by atoms with Crippen molar-refractivity contribution < 1.29 is 34.2 Å². The first kappa shape index (κ1) is 38.6. The molecule has 0 aromatic heterocycles. The lowest BCUT2D eigenvalue weighted by molar-refractivity contribution is -0.196. The number of rotatable bonds is 29. The zero-order valence-electron chi connectivity index (χ0n) is 20.2. The number of hydrogen-bond acceptors (Lipinski definition) is 19. The van der Waals surface area contributed by atoms with Gasteiger partial charge >= 0.3 is 6.09 Å². The Morgan fingerprint density at radius 3 is 1.92 bits per heavy atom. The normalized spacial score (nSPS) is 11.4. The minimum atomic E-state index is -0.380. The van der Waals surface area contributed by atoms with Gasteiger partial charge in [-0.25, -0.2) is 14.8 Å². The molecule has 37 heavy (non-hydrogen) atoms. The number of hydrogen-bond donors (Lipinski definition) is 2. The molecule has 0 aliphatic rings. The molecule has 0 aromatic carbocycles. The van der Waals surface area contributed by atoms with E-state index >= 15 is 0 Å². The molecule has 20 heteroatoms. The number of nitrogens with one attached hydrogen (secondary N) is 1. The molecular formula is C17H33N3O7S10. The van der Waals surface area contributed by atoms with Gasteiger partial charge in [0.2, 0.25) is 12.8 Å². The highest BCUT2D eigenvalue weighted by Gasteiger charge is 2.01. The van der Waals surface area contributed by atoms with Gasteiger partial charge in [0.05, 0.1) is 23.6 Å². The van der Waals surface area contributed by atoms with Crippen molar-refractivity contribution in [2.24, 2.45) is 9.98 Å². The van der Waals surface area contributed by atoms with E-state index in [4.69, 9.17) is 29.4 Å². The SMILES string of the molecule is CSCN=COOCSCSCSCSCOC(=O)NCSCSCSCSCN=COOCSCO. The number of carbonyl (C=O) groups excluding carboxylic acids is 1. The Kier molecular flexibility index (Phi) is 37.1. The number of nitrogens with zero attached hydrogens (tertiary/aromatic N) is 2. The first-order chi connectivity index (χ1) is 18.3. The maximum absolute atomic E-state index is 11.7. The average molecular weight is 712 g/mol. The Morgan fingerprint density at radius 2 is 1.27 bits per heavy atom. The largest absolute Gasteiger partial charge is 0.438 e. The van der Waals surface area contributed by atoms with Crippen LogP contribution in [0.1, 0.15) is 0 Å². The van der Waals surface area contributed by atoms with E-state index in [-0.39, 0.29) is 18.0 Å². The van der Waals surface area contributed by atoms with Gasteiger partial charge in [0.15, 0.2) is 0 Å². The third-order valence-electron chi connectivity index (χ3n) is 2.69. The number of amides is 1. The lowest BCUT2D eigenvalue weighted by atomic mass is 11.1. The van der Waals surface area contributed by atoms with Crippen LogP contribution in [0.15, 0.2) is 9.98 Å². The number of aliphatic imine (C=N–C) groups is 2. The molecule has 0 saturated heterocycles. The topological polar surface area (TPSA) is 120 Å². The molecule has 0 spiro atoms. The summed E-state index contributed by atoms with van der Waals surface area (Å²) in [5.74, 6) is 2.88. The van der Waals surface area contributed by atoms with E-state index in [2.05, 4.69) is 15.3 Å². The lowest BCUT2D eigenvalue weighted by Crippen LogP contribution is -2.23. The van der Waals surface area contributed by atoms with Crippen LogP contribution in [0.4, 0.5) is 4.79 Å². The van der Waals surface area contributed by atoms with Crippen LogP contribution in [0.25, 0.3) is 0 Å². The summed E-state index contributed by atoms with van der Waals surface area (Å²) in [6, 6.07) is 0. The predicted molar refractivity (Wildman–Crippen MR) is 178 cm³/mol. The van der Waals surface area contributed by atoms with Crippen LogP contribution in [0, 0.1) is 0 Å². The molecule has 0 aliphatic heterocycles. The maximum atomic E-state index is 11.7. The third kappa shape index (κ3) is 35.6. The highest BCUT2D eigenvalue weighted by atomic mass is 32.3. The quantitative estimate of drug-likeness (QED) is 0.0233. The molecule has 1 amide bonds. The fourth-order valence-electron chi connectivity index (χ4n) is 1.36. The summed E-state index contributed by atoms with van der Waals surface area (Å²) < 4.78 is 5.15. The Hall–Kier alpha value is 1.59. The second kappa shape index (κ2) is 35.6. The lowest BCUT2D eigenvalue weighted by Gasteiger charge is -2.07. The van der Waals surface area contributed by atoms with Crippen molar-refractivity contribution in [1.82, 2.24) is 5.32 Å². The molecule has 0 rings (SSSR count). The first-order valence-corrected chi connectivity index (χ1v) is 21.8. The van der Waals surface area contributed by atoms with E-state index in [0.29, 0.717) is 29.5 Å². The Labute approximate surface area is 262 Å². The summed E-state index contributed by atoms with van der Waals surface area (Å²) >= 11 is 16.6. The van der Waals surface area contributed by atoms with Crippen molar-refractivity contribution >= 4 is 137 Å². The zero-order valence-corrected chi connectivity index (χ0v) is 28.4. The van der Waals surface area contributed by atoms with Crippen molar-refractivity contribution in [3.63, 3.8) is 0 Å². The van der Waals surface area contributed by atoms with Crippen LogP contribution in [0.3, 0.4) is 0 Å². The summed E-state index contributed by atoms with van der Waals surface area (Å²) in [5.41, 5.74) is 0. The molecule has 0 radical (unpaired) electrons. The second-order valence-corrected chi connectivity index (χ2v) is 17.0. The fourth-order valence-corrected chi connectivity index (χ4v) is 10.0. The molecule has 0 fully saturated rings. The molecule has 218 valence electrons. The van der Waals surface area contributed by atoms with E-state index < -0.39 is 0 Å². The van der Waals surface area contributed by atoms with E-state index in [1.165, 1.54) is 24.6 Å². The molecule has 0 unspecified atom stereocenters. The van der Waals surface area contributed by atoms with Gasteiger partial charge in [-0.3, -0.25) is 0 Å². The monoisotopic (exact) mass is 711 g/mol. The van der Waals surface area contributed by atoms with Gasteiger partial charge in [0, 0.05) is 30.5 Å². The fraction of sp³-hybridized carbons (Fsp3) is 0.824.